The van der Waals surface area contributed by atoms with E-state index < -0.39 is 0 Å². The number of hydrogen-bond acceptors (Lipinski definition) is 2. The van der Waals surface area contributed by atoms with Crippen LogP contribution in [0.15, 0.2) is 18.2 Å². The molecule has 0 amide bonds. The average molecular weight is 164 g/mol. The molecule has 2 nitrogen and oxygen atoms in total. The molecule has 0 saturated carbocycles. The minimum absolute atomic E-state index is 0.619. The van der Waals surface area contributed by atoms with Gasteiger partial charge in [-0.05, 0) is 24.1 Å². The number of rotatable bonds is 2. The fraction of sp³-hybridized carbons (Fsp3) is 0.400. The van der Waals surface area contributed by atoms with Gasteiger partial charge in [0.15, 0.2) is 0 Å². The van der Waals surface area contributed by atoms with Crippen LogP contribution in [0.3, 0.4) is 0 Å². The number of nitrogens with zero attached hydrogens (tertiary/aromatic N) is 1. The van der Waals surface area contributed by atoms with Crippen LogP contribution in [0.1, 0.15) is 11.1 Å². The molecule has 0 radical (unpaired) electrons. The Bertz CT molecular complexity index is 267. The summed E-state index contributed by atoms with van der Waals surface area (Å²) in [6.45, 7) is 2.73. The Morgan fingerprint density at radius 3 is 2.50 bits per heavy atom. The quantitative estimate of drug-likeness (QED) is 0.718. The van der Waals surface area contributed by atoms with E-state index in [9.17, 15) is 0 Å². The van der Waals surface area contributed by atoms with E-state index in [-0.39, 0.29) is 0 Å². The van der Waals surface area contributed by atoms with E-state index in [0.717, 1.165) is 0 Å². The van der Waals surface area contributed by atoms with Crippen molar-refractivity contribution in [1.29, 1.82) is 0 Å². The van der Waals surface area contributed by atoms with Crippen molar-refractivity contribution in [2.24, 2.45) is 5.73 Å². The minimum atomic E-state index is 0.619. The highest BCUT2D eigenvalue weighted by Gasteiger charge is 2.02. The molecule has 0 saturated heterocycles. The summed E-state index contributed by atoms with van der Waals surface area (Å²) in [7, 11) is 4.09. The van der Waals surface area contributed by atoms with Crippen molar-refractivity contribution in [2.75, 3.05) is 19.0 Å². The van der Waals surface area contributed by atoms with Crippen LogP contribution in [0.4, 0.5) is 5.69 Å². The van der Waals surface area contributed by atoms with Crippen LogP contribution in [-0.2, 0) is 6.54 Å². The predicted octanol–water partition coefficient (Wildman–Crippen LogP) is 1.52. The Morgan fingerprint density at radius 2 is 2.00 bits per heavy atom. The van der Waals surface area contributed by atoms with E-state index in [1.807, 2.05) is 20.2 Å². The third kappa shape index (κ3) is 1.59. The topological polar surface area (TPSA) is 29.3 Å². The second-order valence-electron chi connectivity index (χ2n) is 3.16. The molecule has 66 valence electrons. The summed E-state index contributed by atoms with van der Waals surface area (Å²) in [6.07, 6.45) is 0. The van der Waals surface area contributed by atoms with Gasteiger partial charge < -0.3 is 10.6 Å². The summed E-state index contributed by atoms with van der Waals surface area (Å²) in [4.78, 5) is 2.11. The highest BCUT2D eigenvalue weighted by Crippen LogP contribution is 2.20. The van der Waals surface area contributed by atoms with Crippen molar-refractivity contribution in [3.8, 4) is 0 Å². The molecule has 0 heterocycles. The third-order valence-electron chi connectivity index (χ3n) is 2.12. The van der Waals surface area contributed by atoms with Gasteiger partial charge >= 0.3 is 0 Å². The van der Waals surface area contributed by atoms with E-state index in [2.05, 4.69) is 24.0 Å². The van der Waals surface area contributed by atoms with Crippen LogP contribution in [0, 0.1) is 6.92 Å². The lowest BCUT2D eigenvalue weighted by molar-refractivity contribution is 1.03. The molecule has 0 unspecified atom stereocenters. The summed E-state index contributed by atoms with van der Waals surface area (Å²) in [5, 5.41) is 0. The molecule has 0 aliphatic heterocycles. The van der Waals surface area contributed by atoms with Crippen molar-refractivity contribution in [1.82, 2.24) is 0 Å². The summed E-state index contributed by atoms with van der Waals surface area (Å²) >= 11 is 0. The maximum atomic E-state index is 5.60. The van der Waals surface area contributed by atoms with E-state index >= 15 is 0 Å². The summed E-state index contributed by atoms with van der Waals surface area (Å²) < 4.78 is 0. The Labute approximate surface area is 74.0 Å². The molecule has 1 aromatic rings. The number of nitrogens with two attached hydrogens (primary N) is 1. The third-order valence-corrected chi connectivity index (χ3v) is 2.12. The molecule has 12 heavy (non-hydrogen) atoms. The lowest BCUT2D eigenvalue weighted by Gasteiger charge is -2.17. The predicted molar refractivity (Wildman–Crippen MR) is 53.4 cm³/mol. The van der Waals surface area contributed by atoms with E-state index in [0.29, 0.717) is 6.54 Å². The van der Waals surface area contributed by atoms with E-state index in [1.54, 1.807) is 0 Å². The second-order valence-corrected chi connectivity index (χ2v) is 3.16. The van der Waals surface area contributed by atoms with Gasteiger partial charge in [-0.3, -0.25) is 0 Å². The van der Waals surface area contributed by atoms with Crippen LogP contribution in [0.5, 0.6) is 0 Å². The van der Waals surface area contributed by atoms with Crippen LogP contribution in [0.2, 0.25) is 0 Å². The van der Waals surface area contributed by atoms with Gasteiger partial charge in [0.05, 0.1) is 0 Å². The Hall–Kier alpha value is -1.02. The van der Waals surface area contributed by atoms with E-state index in [4.69, 9.17) is 5.73 Å². The monoisotopic (exact) mass is 164 g/mol. The first-order chi connectivity index (χ1) is 5.66. The molecular formula is C10H16N2. The zero-order valence-corrected chi connectivity index (χ0v) is 7.96. The SMILES string of the molecule is Cc1c(CN)cccc1N(C)C. The van der Waals surface area contributed by atoms with Crippen LogP contribution in [-0.4, -0.2) is 14.1 Å². The van der Waals surface area contributed by atoms with Gasteiger partial charge in [-0.2, -0.15) is 0 Å². The number of hydrogen-bond donors (Lipinski definition) is 1. The molecule has 0 fully saturated rings. The van der Waals surface area contributed by atoms with Crippen LogP contribution < -0.4 is 10.6 Å². The zero-order valence-electron chi connectivity index (χ0n) is 7.96. The lowest BCUT2D eigenvalue weighted by atomic mass is 10.1. The molecule has 2 heteroatoms. The van der Waals surface area contributed by atoms with Gasteiger partial charge in [0, 0.05) is 26.3 Å². The van der Waals surface area contributed by atoms with Crippen molar-refractivity contribution >= 4 is 5.69 Å². The highest BCUT2D eigenvalue weighted by molar-refractivity contribution is 5.55. The molecule has 2 N–H and O–H groups in total. The number of anilines is 1. The summed E-state index contributed by atoms with van der Waals surface area (Å²) in [6, 6.07) is 6.22. The van der Waals surface area contributed by atoms with Crippen molar-refractivity contribution < 1.29 is 0 Å². The molecule has 0 atom stereocenters. The van der Waals surface area contributed by atoms with Gasteiger partial charge in [-0.1, -0.05) is 12.1 Å². The minimum Gasteiger partial charge on any atom is -0.377 e. The smallest absolute Gasteiger partial charge is 0.0393 e. The largest absolute Gasteiger partial charge is 0.377 e. The standard InChI is InChI=1S/C10H16N2/c1-8-9(7-11)5-4-6-10(8)12(2)3/h4-6H,7,11H2,1-3H3. The van der Waals surface area contributed by atoms with Gasteiger partial charge in [0.2, 0.25) is 0 Å². The zero-order chi connectivity index (χ0) is 9.14. The van der Waals surface area contributed by atoms with Crippen LogP contribution >= 0.6 is 0 Å². The fourth-order valence-corrected chi connectivity index (χ4v) is 1.38. The van der Waals surface area contributed by atoms with Gasteiger partial charge in [-0.15, -0.1) is 0 Å². The van der Waals surface area contributed by atoms with Gasteiger partial charge in [-0.25, -0.2) is 0 Å². The second kappa shape index (κ2) is 3.59. The number of benzene rings is 1. The maximum Gasteiger partial charge on any atom is 0.0393 e. The highest BCUT2D eigenvalue weighted by atomic mass is 15.1. The molecule has 0 aliphatic rings. The van der Waals surface area contributed by atoms with Crippen LogP contribution in [0.25, 0.3) is 0 Å². The van der Waals surface area contributed by atoms with E-state index in [1.165, 1.54) is 16.8 Å². The first kappa shape index (κ1) is 9.07. The van der Waals surface area contributed by atoms with Gasteiger partial charge in [0.25, 0.3) is 0 Å². The lowest BCUT2D eigenvalue weighted by Crippen LogP contribution is -2.12. The molecule has 0 bridgehead atoms. The Kier molecular flexibility index (Phi) is 2.71. The molecular weight excluding hydrogens is 148 g/mol. The maximum absolute atomic E-state index is 5.60. The van der Waals surface area contributed by atoms with Crippen molar-refractivity contribution in [3.05, 3.63) is 29.3 Å². The normalized spacial score (nSPS) is 10.0. The molecule has 1 aromatic carbocycles. The Morgan fingerprint density at radius 1 is 1.33 bits per heavy atom. The Balaban J connectivity index is 3.14. The molecule has 0 spiro atoms. The van der Waals surface area contributed by atoms with Gasteiger partial charge in [0.1, 0.15) is 0 Å². The average Bonchev–Trinajstić information content (AvgIpc) is 2.04. The fourth-order valence-electron chi connectivity index (χ4n) is 1.38. The summed E-state index contributed by atoms with van der Waals surface area (Å²) in [5.74, 6) is 0. The molecule has 0 aliphatic carbocycles. The first-order valence-electron chi connectivity index (χ1n) is 4.12. The van der Waals surface area contributed by atoms with Crippen molar-refractivity contribution in [2.45, 2.75) is 13.5 Å². The molecule has 1 rings (SSSR count). The first-order valence-corrected chi connectivity index (χ1v) is 4.12. The molecule has 0 aromatic heterocycles. The summed E-state index contributed by atoms with van der Waals surface area (Å²) in [5.41, 5.74) is 9.36. The van der Waals surface area contributed by atoms with Crippen molar-refractivity contribution in [3.63, 3.8) is 0 Å².